The molecule has 0 saturated heterocycles. The molecule has 0 aliphatic heterocycles. The van der Waals surface area contributed by atoms with Crippen LogP contribution in [0.2, 0.25) is 0 Å². The number of ether oxygens (including phenoxy) is 2. The normalized spacial score (nSPS) is 10.4. The fraction of sp³-hybridized carbons (Fsp3) is 0.118. The maximum atomic E-state index is 5.24. The Morgan fingerprint density at radius 1 is 0.905 bits per heavy atom. The first-order valence-electron chi connectivity index (χ1n) is 6.64. The minimum atomic E-state index is 0.800. The number of nitrogens with zero attached hydrogens (tertiary/aromatic N) is 1. The van der Waals surface area contributed by atoms with Gasteiger partial charge in [-0.1, -0.05) is 6.07 Å². The standard InChI is InChI=1S/C17H16N2O2/c1-20-13-5-3-4-12(10-13)19-16-8-9-18-17-11-14(21-2)6-7-15(16)17/h3-11H,1-2H3,(H,18,19). The summed E-state index contributed by atoms with van der Waals surface area (Å²) < 4.78 is 10.5. The van der Waals surface area contributed by atoms with Gasteiger partial charge >= 0.3 is 0 Å². The number of aromatic nitrogens is 1. The van der Waals surface area contributed by atoms with Gasteiger partial charge in [0.25, 0.3) is 0 Å². The van der Waals surface area contributed by atoms with Crippen LogP contribution in [-0.4, -0.2) is 19.2 Å². The minimum absolute atomic E-state index is 0.800. The quantitative estimate of drug-likeness (QED) is 0.784. The SMILES string of the molecule is COc1cccc(Nc2ccnc3cc(OC)ccc23)c1. The molecule has 4 nitrogen and oxygen atoms in total. The van der Waals surface area contributed by atoms with E-state index in [1.54, 1.807) is 20.4 Å². The fourth-order valence-corrected chi connectivity index (χ4v) is 2.22. The van der Waals surface area contributed by atoms with E-state index >= 15 is 0 Å². The van der Waals surface area contributed by atoms with Crippen molar-refractivity contribution in [3.8, 4) is 11.5 Å². The van der Waals surface area contributed by atoms with Crippen molar-refractivity contribution >= 4 is 22.3 Å². The first kappa shape index (κ1) is 13.2. The van der Waals surface area contributed by atoms with E-state index in [1.165, 1.54) is 0 Å². The monoisotopic (exact) mass is 280 g/mol. The number of pyridine rings is 1. The molecule has 106 valence electrons. The van der Waals surface area contributed by atoms with Gasteiger partial charge in [-0.25, -0.2) is 0 Å². The van der Waals surface area contributed by atoms with Gasteiger partial charge in [0, 0.05) is 35.1 Å². The molecule has 0 aliphatic rings. The van der Waals surface area contributed by atoms with Crippen molar-refractivity contribution in [2.75, 3.05) is 19.5 Å². The summed E-state index contributed by atoms with van der Waals surface area (Å²) in [5.41, 5.74) is 2.86. The van der Waals surface area contributed by atoms with Crippen LogP contribution in [0.1, 0.15) is 0 Å². The van der Waals surface area contributed by atoms with Gasteiger partial charge in [0.1, 0.15) is 11.5 Å². The Hall–Kier alpha value is -2.75. The number of methoxy groups -OCH3 is 2. The van der Waals surface area contributed by atoms with Crippen LogP contribution in [0.4, 0.5) is 11.4 Å². The zero-order valence-electron chi connectivity index (χ0n) is 12.0. The highest BCUT2D eigenvalue weighted by atomic mass is 16.5. The van der Waals surface area contributed by atoms with Crippen LogP contribution >= 0.6 is 0 Å². The van der Waals surface area contributed by atoms with E-state index in [0.717, 1.165) is 33.8 Å². The van der Waals surface area contributed by atoms with E-state index < -0.39 is 0 Å². The summed E-state index contributed by atoms with van der Waals surface area (Å²) in [6.07, 6.45) is 1.78. The van der Waals surface area contributed by atoms with Gasteiger partial charge in [-0.3, -0.25) is 4.98 Å². The fourth-order valence-electron chi connectivity index (χ4n) is 2.22. The average Bonchev–Trinajstić information content (AvgIpc) is 2.55. The molecule has 4 heteroatoms. The van der Waals surface area contributed by atoms with Gasteiger partial charge in [-0.05, 0) is 30.3 Å². The molecular weight excluding hydrogens is 264 g/mol. The summed E-state index contributed by atoms with van der Waals surface area (Å²) in [5.74, 6) is 1.62. The lowest BCUT2D eigenvalue weighted by Gasteiger charge is -2.11. The van der Waals surface area contributed by atoms with Crippen LogP contribution in [0, 0.1) is 0 Å². The molecule has 0 spiro atoms. The highest BCUT2D eigenvalue weighted by molar-refractivity contribution is 5.93. The summed E-state index contributed by atoms with van der Waals surface area (Å²) >= 11 is 0. The topological polar surface area (TPSA) is 43.4 Å². The first-order valence-corrected chi connectivity index (χ1v) is 6.64. The number of nitrogens with one attached hydrogen (secondary N) is 1. The smallest absolute Gasteiger partial charge is 0.121 e. The second-order valence-corrected chi connectivity index (χ2v) is 4.60. The number of hydrogen-bond donors (Lipinski definition) is 1. The maximum Gasteiger partial charge on any atom is 0.121 e. The predicted molar refractivity (Wildman–Crippen MR) is 84.6 cm³/mol. The molecule has 0 radical (unpaired) electrons. The lowest BCUT2D eigenvalue weighted by molar-refractivity contribution is 0.415. The predicted octanol–water partition coefficient (Wildman–Crippen LogP) is 4.00. The molecule has 3 aromatic rings. The molecule has 0 bridgehead atoms. The molecule has 1 aromatic heterocycles. The first-order chi connectivity index (χ1) is 10.3. The van der Waals surface area contributed by atoms with Gasteiger partial charge in [-0.15, -0.1) is 0 Å². The molecule has 0 atom stereocenters. The third kappa shape index (κ3) is 2.74. The van der Waals surface area contributed by atoms with Crippen LogP contribution in [-0.2, 0) is 0 Å². The molecular formula is C17H16N2O2. The lowest BCUT2D eigenvalue weighted by atomic mass is 10.1. The number of hydrogen-bond acceptors (Lipinski definition) is 4. The molecule has 0 saturated carbocycles. The Labute approximate surface area is 123 Å². The summed E-state index contributed by atoms with van der Waals surface area (Å²) in [4.78, 5) is 4.38. The van der Waals surface area contributed by atoms with Crippen molar-refractivity contribution in [2.45, 2.75) is 0 Å². The third-order valence-electron chi connectivity index (χ3n) is 3.30. The Morgan fingerprint density at radius 2 is 1.71 bits per heavy atom. The Balaban J connectivity index is 2.00. The van der Waals surface area contributed by atoms with Crippen molar-refractivity contribution in [1.29, 1.82) is 0 Å². The van der Waals surface area contributed by atoms with Crippen molar-refractivity contribution < 1.29 is 9.47 Å². The van der Waals surface area contributed by atoms with E-state index in [1.807, 2.05) is 48.5 Å². The van der Waals surface area contributed by atoms with Crippen LogP contribution in [0.15, 0.2) is 54.7 Å². The van der Waals surface area contributed by atoms with Crippen molar-refractivity contribution in [1.82, 2.24) is 4.98 Å². The van der Waals surface area contributed by atoms with Crippen LogP contribution in [0.3, 0.4) is 0 Å². The number of fused-ring (bicyclic) bond motifs is 1. The molecule has 0 aliphatic carbocycles. The molecule has 0 amide bonds. The van der Waals surface area contributed by atoms with Gasteiger partial charge in [-0.2, -0.15) is 0 Å². The summed E-state index contributed by atoms with van der Waals surface area (Å²) in [6, 6.07) is 15.6. The van der Waals surface area contributed by atoms with E-state index in [-0.39, 0.29) is 0 Å². The van der Waals surface area contributed by atoms with Crippen molar-refractivity contribution in [3.63, 3.8) is 0 Å². The van der Waals surface area contributed by atoms with Gasteiger partial charge in [0.05, 0.1) is 19.7 Å². The van der Waals surface area contributed by atoms with E-state index in [4.69, 9.17) is 9.47 Å². The zero-order chi connectivity index (χ0) is 14.7. The van der Waals surface area contributed by atoms with Crippen LogP contribution in [0.25, 0.3) is 10.9 Å². The number of anilines is 2. The average molecular weight is 280 g/mol. The van der Waals surface area contributed by atoms with Gasteiger partial charge in [0.2, 0.25) is 0 Å². The third-order valence-corrected chi connectivity index (χ3v) is 3.30. The van der Waals surface area contributed by atoms with Crippen LogP contribution in [0.5, 0.6) is 11.5 Å². The molecule has 1 heterocycles. The Morgan fingerprint density at radius 3 is 2.52 bits per heavy atom. The molecule has 0 unspecified atom stereocenters. The molecule has 0 fully saturated rings. The maximum absolute atomic E-state index is 5.24. The Bertz CT molecular complexity index is 772. The largest absolute Gasteiger partial charge is 0.497 e. The minimum Gasteiger partial charge on any atom is -0.497 e. The molecule has 3 rings (SSSR count). The number of benzene rings is 2. The zero-order valence-corrected chi connectivity index (χ0v) is 12.0. The number of rotatable bonds is 4. The summed E-state index contributed by atoms with van der Waals surface area (Å²) in [7, 11) is 3.31. The van der Waals surface area contributed by atoms with Crippen LogP contribution < -0.4 is 14.8 Å². The van der Waals surface area contributed by atoms with E-state index in [2.05, 4.69) is 10.3 Å². The van der Waals surface area contributed by atoms with Gasteiger partial charge < -0.3 is 14.8 Å². The second kappa shape index (κ2) is 5.71. The summed E-state index contributed by atoms with van der Waals surface area (Å²) in [5, 5.41) is 4.44. The highest BCUT2D eigenvalue weighted by Crippen LogP contribution is 2.28. The van der Waals surface area contributed by atoms with E-state index in [0.29, 0.717) is 0 Å². The van der Waals surface area contributed by atoms with Crippen molar-refractivity contribution in [2.24, 2.45) is 0 Å². The molecule has 21 heavy (non-hydrogen) atoms. The highest BCUT2D eigenvalue weighted by Gasteiger charge is 2.04. The molecule has 2 aromatic carbocycles. The van der Waals surface area contributed by atoms with Gasteiger partial charge in [0.15, 0.2) is 0 Å². The lowest BCUT2D eigenvalue weighted by Crippen LogP contribution is -1.94. The Kier molecular flexibility index (Phi) is 3.60. The summed E-state index contributed by atoms with van der Waals surface area (Å²) in [6.45, 7) is 0. The second-order valence-electron chi connectivity index (χ2n) is 4.60. The van der Waals surface area contributed by atoms with E-state index in [9.17, 15) is 0 Å². The molecule has 1 N–H and O–H groups in total. The van der Waals surface area contributed by atoms with Crippen molar-refractivity contribution in [3.05, 3.63) is 54.7 Å².